The molecule has 0 aromatic heterocycles. The lowest BCUT2D eigenvalue weighted by atomic mass is 10.1. The molecule has 0 radical (unpaired) electrons. The highest BCUT2D eigenvalue weighted by Crippen LogP contribution is 2.63. The Balaban J connectivity index is 2.11. The van der Waals surface area contributed by atoms with Crippen molar-refractivity contribution in [1.82, 2.24) is 0 Å². The maximum atomic E-state index is 11.2. The Morgan fingerprint density at radius 3 is 2.82 bits per heavy atom. The van der Waals surface area contributed by atoms with Crippen LogP contribution in [0.25, 0.3) is 0 Å². The van der Waals surface area contributed by atoms with Gasteiger partial charge in [-0.1, -0.05) is 0 Å². The number of hydrogen-bond acceptors (Lipinski definition) is 3. The first-order chi connectivity index (χ1) is 5.20. The van der Waals surface area contributed by atoms with Gasteiger partial charge in [0.15, 0.2) is 0 Å². The summed E-state index contributed by atoms with van der Waals surface area (Å²) in [6.07, 6.45) is 2.88. The van der Waals surface area contributed by atoms with E-state index in [1.807, 2.05) is 0 Å². The van der Waals surface area contributed by atoms with Crippen LogP contribution in [0.5, 0.6) is 0 Å². The molecule has 3 atom stereocenters. The van der Waals surface area contributed by atoms with E-state index in [4.69, 9.17) is 10.5 Å². The van der Waals surface area contributed by atoms with Gasteiger partial charge in [0.1, 0.15) is 0 Å². The van der Waals surface area contributed by atoms with Crippen LogP contribution in [0.2, 0.25) is 0 Å². The predicted octanol–water partition coefficient (Wildman–Crippen LogP) is 0.287. The van der Waals surface area contributed by atoms with Gasteiger partial charge in [-0.2, -0.15) is 0 Å². The lowest BCUT2D eigenvalue weighted by Crippen LogP contribution is -2.20. The van der Waals surface area contributed by atoms with Gasteiger partial charge in [0.05, 0.1) is 12.5 Å². The summed E-state index contributed by atoms with van der Waals surface area (Å²) in [5, 5.41) is 0. The Labute approximate surface area is 65.9 Å². The molecule has 3 nitrogen and oxygen atoms in total. The third-order valence-corrected chi connectivity index (χ3v) is 3.17. The number of nitrogens with two attached hydrogens (primary N) is 1. The molecule has 0 amide bonds. The summed E-state index contributed by atoms with van der Waals surface area (Å²) >= 11 is 0. The SMILES string of the molecule is COC(=O)[C@@]12CC[C@H](N)[C@@H]1C2. The van der Waals surface area contributed by atoms with Crippen molar-refractivity contribution in [2.45, 2.75) is 25.3 Å². The average molecular weight is 155 g/mol. The molecular weight excluding hydrogens is 142 g/mol. The maximum absolute atomic E-state index is 11.2. The molecule has 2 aliphatic rings. The second-order valence-electron chi connectivity index (χ2n) is 3.66. The number of ether oxygens (including phenoxy) is 1. The van der Waals surface area contributed by atoms with Crippen LogP contribution in [-0.4, -0.2) is 19.1 Å². The number of rotatable bonds is 1. The minimum Gasteiger partial charge on any atom is -0.469 e. The van der Waals surface area contributed by atoms with Gasteiger partial charge in [0, 0.05) is 6.04 Å². The molecule has 0 heterocycles. The highest BCUT2D eigenvalue weighted by molar-refractivity contribution is 5.81. The van der Waals surface area contributed by atoms with E-state index in [0.29, 0.717) is 5.92 Å². The third-order valence-electron chi connectivity index (χ3n) is 3.17. The molecule has 2 aliphatic carbocycles. The Bertz CT molecular complexity index is 204. The van der Waals surface area contributed by atoms with Crippen LogP contribution in [0, 0.1) is 11.3 Å². The van der Waals surface area contributed by atoms with Gasteiger partial charge < -0.3 is 10.5 Å². The molecule has 2 fully saturated rings. The summed E-state index contributed by atoms with van der Waals surface area (Å²) in [6.45, 7) is 0. The topological polar surface area (TPSA) is 52.3 Å². The van der Waals surface area contributed by atoms with Crippen molar-refractivity contribution in [2.24, 2.45) is 17.1 Å². The molecule has 0 saturated heterocycles. The van der Waals surface area contributed by atoms with Crippen molar-refractivity contribution >= 4 is 5.97 Å². The molecule has 0 aromatic carbocycles. The highest BCUT2D eigenvalue weighted by Gasteiger charge is 2.66. The van der Waals surface area contributed by atoms with Gasteiger partial charge in [0.2, 0.25) is 0 Å². The minimum atomic E-state index is -0.145. The lowest BCUT2D eigenvalue weighted by molar-refractivity contribution is -0.147. The molecule has 3 heteroatoms. The predicted molar refractivity (Wildman–Crippen MR) is 39.8 cm³/mol. The third kappa shape index (κ3) is 0.745. The van der Waals surface area contributed by atoms with E-state index in [1.165, 1.54) is 7.11 Å². The van der Waals surface area contributed by atoms with Crippen LogP contribution in [0.1, 0.15) is 19.3 Å². The molecule has 2 N–H and O–H groups in total. The van der Waals surface area contributed by atoms with Gasteiger partial charge in [-0.05, 0) is 25.2 Å². The Kier molecular flexibility index (Phi) is 1.27. The van der Waals surface area contributed by atoms with Crippen molar-refractivity contribution < 1.29 is 9.53 Å². The normalized spacial score (nSPS) is 46.7. The van der Waals surface area contributed by atoms with E-state index >= 15 is 0 Å². The first-order valence-corrected chi connectivity index (χ1v) is 4.05. The van der Waals surface area contributed by atoms with Gasteiger partial charge in [-0.15, -0.1) is 0 Å². The zero-order valence-electron chi connectivity index (χ0n) is 6.67. The molecule has 0 aromatic rings. The van der Waals surface area contributed by atoms with Crippen molar-refractivity contribution in [2.75, 3.05) is 7.11 Å². The largest absolute Gasteiger partial charge is 0.469 e. The zero-order valence-corrected chi connectivity index (χ0v) is 6.67. The van der Waals surface area contributed by atoms with Gasteiger partial charge >= 0.3 is 5.97 Å². The van der Waals surface area contributed by atoms with Crippen LogP contribution in [0.3, 0.4) is 0 Å². The summed E-state index contributed by atoms with van der Waals surface area (Å²) in [5.41, 5.74) is 5.65. The summed E-state index contributed by atoms with van der Waals surface area (Å²) in [7, 11) is 1.45. The number of carbonyl (C=O) groups is 1. The molecule has 0 aliphatic heterocycles. The molecule has 0 unspecified atom stereocenters. The van der Waals surface area contributed by atoms with E-state index in [9.17, 15) is 4.79 Å². The van der Waals surface area contributed by atoms with Crippen molar-refractivity contribution in [3.63, 3.8) is 0 Å². The second kappa shape index (κ2) is 1.97. The van der Waals surface area contributed by atoms with Gasteiger partial charge in [-0.25, -0.2) is 0 Å². The van der Waals surface area contributed by atoms with Crippen LogP contribution >= 0.6 is 0 Å². The molecular formula is C8H13NO2. The summed E-state index contributed by atoms with van der Waals surface area (Å²) in [5.74, 6) is 0.380. The molecule has 0 bridgehead atoms. The van der Waals surface area contributed by atoms with Crippen LogP contribution in [0.15, 0.2) is 0 Å². The van der Waals surface area contributed by atoms with Crippen molar-refractivity contribution in [3.8, 4) is 0 Å². The summed E-state index contributed by atoms with van der Waals surface area (Å²) in [6, 6.07) is 0.245. The molecule has 62 valence electrons. The first kappa shape index (κ1) is 7.10. The van der Waals surface area contributed by atoms with Crippen molar-refractivity contribution in [1.29, 1.82) is 0 Å². The molecule has 11 heavy (non-hydrogen) atoms. The highest BCUT2D eigenvalue weighted by atomic mass is 16.5. The van der Waals surface area contributed by atoms with Crippen LogP contribution < -0.4 is 5.73 Å². The van der Waals surface area contributed by atoms with Crippen molar-refractivity contribution in [3.05, 3.63) is 0 Å². The van der Waals surface area contributed by atoms with E-state index in [-0.39, 0.29) is 17.4 Å². The Morgan fingerprint density at radius 1 is 1.73 bits per heavy atom. The van der Waals surface area contributed by atoms with E-state index < -0.39 is 0 Å². The number of hydrogen-bond donors (Lipinski definition) is 1. The summed E-state index contributed by atoms with van der Waals surface area (Å²) in [4.78, 5) is 11.2. The fourth-order valence-corrected chi connectivity index (χ4v) is 2.35. The molecule has 2 saturated carbocycles. The van der Waals surface area contributed by atoms with Gasteiger partial charge in [-0.3, -0.25) is 4.79 Å². The standard InChI is InChI=1S/C8H13NO2/c1-11-7(10)8-3-2-6(9)5(8)4-8/h5-6H,2-4,9H2,1H3/t5-,6-,8+/m0/s1. The van der Waals surface area contributed by atoms with Gasteiger partial charge in [0.25, 0.3) is 0 Å². The Morgan fingerprint density at radius 2 is 2.45 bits per heavy atom. The monoisotopic (exact) mass is 155 g/mol. The number of fused-ring (bicyclic) bond motifs is 1. The number of carbonyl (C=O) groups excluding carboxylic acids is 1. The number of methoxy groups -OCH3 is 1. The maximum Gasteiger partial charge on any atom is 0.312 e. The lowest BCUT2D eigenvalue weighted by Gasteiger charge is -2.06. The van der Waals surface area contributed by atoms with Crippen LogP contribution in [-0.2, 0) is 9.53 Å². The first-order valence-electron chi connectivity index (χ1n) is 4.05. The fourth-order valence-electron chi connectivity index (χ4n) is 2.35. The average Bonchev–Trinajstić information content (AvgIpc) is 2.68. The quantitative estimate of drug-likeness (QED) is 0.553. The zero-order chi connectivity index (χ0) is 8.06. The fraction of sp³-hybridized carbons (Fsp3) is 0.875. The van der Waals surface area contributed by atoms with E-state index in [0.717, 1.165) is 19.3 Å². The smallest absolute Gasteiger partial charge is 0.312 e. The summed E-state index contributed by atoms with van der Waals surface area (Å²) < 4.78 is 4.73. The molecule has 0 spiro atoms. The van der Waals surface area contributed by atoms with Crippen LogP contribution in [0.4, 0.5) is 0 Å². The molecule has 2 rings (SSSR count). The number of esters is 1. The van der Waals surface area contributed by atoms with E-state index in [2.05, 4.69) is 0 Å². The minimum absolute atomic E-state index is 0.0459. The Hall–Kier alpha value is -0.570. The second-order valence-corrected chi connectivity index (χ2v) is 3.66. The van der Waals surface area contributed by atoms with E-state index in [1.54, 1.807) is 0 Å².